The van der Waals surface area contributed by atoms with Gasteiger partial charge in [-0.05, 0) is 109 Å². The zero-order chi connectivity index (χ0) is 47.2. The summed E-state index contributed by atoms with van der Waals surface area (Å²) in [6.45, 7) is 6.33. The highest BCUT2D eigenvalue weighted by Gasteiger charge is 2.19. The minimum atomic E-state index is -0.826. The van der Waals surface area contributed by atoms with Crippen LogP contribution in [0.3, 0.4) is 0 Å². The Morgan fingerprint density at radius 2 is 0.692 bits per heavy atom. The van der Waals surface area contributed by atoms with E-state index in [4.69, 9.17) is 14.2 Å². The van der Waals surface area contributed by atoms with Gasteiger partial charge >= 0.3 is 17.9 Å². The lowest BCUT2D eigenvalue weighted by atomic mass is 10.1. The third-order valence-corrected chi connectivity index (χ3v) is 10.5. The molecule has 0 aromatic carbocycles. The fraction of sp³-hybridized carbons (Fsp3) is 0.610. The Balaban J connectivity index is 4.54. The molecule has 0 rings (SSSR count). The van der Waals surface area contributed by atoms with Crippen LogP contribution in [0.5, 0.6) is 0 Å². The number of hydrogen-bond donors (Lipinski definition) is 0. The van der Waals surface area contributed by atoms with Crippen molar-refractivity contribution in [2.45, 2.75) is 219 Å². The number of ether oxygens (including phenoxy) is 3. The molecule has 1 atom stereocenters. The molecule has 0 aliphatic rings. The molecule has 1 unspecified atom stereocenters. The molecule has 0 aliphatic carbocycles. The van der Waals surface area contributed by atoms with Gasteiger partial charge in [-0.2, -0.15) is 0 Å². The molecule has 0 saturated carbocycles. The second kappa shape index (κ2) is 52.4. The van der Waals surface area contributed by atoms with Gasteiger partial charge in [0.1, 0.15) is 13.2 Å². The van der Waals surface area contributed by atoms with Crippen LogP contribution in [-0.2, 0) is 28.6 Å². The summed E-state index contributed by atoms with van der Waals surface area (Å²) in [4.78, 5) is 37.9. The summed E-state index contributed by atoms with van der Waals surface area (Å²) in [5.74, 6) is -1.05. The van der Waals surface area contributed by atoms with E-state index >= 15 is 0 Å². The van der Waals surface area contributed by atoms with Crippen molar-refractivity contribution in [1.82, 2.24) is 0 Å². The van der Waals surface area contributed by atoms with E-state index in [-0.39, 0.29) is 37.5 Å². The molecule has 366 valence electrons. The monoisotopic (exact) mass is 899 g/mol. The molecular weight excluding hydrogens is 805 g/mol. The number of unbranched alkanes of at least 4 members (excludes halogenated alkanes) is 15. The number of hydrogen-bond acceptors (Lipinski definition) is 6. The molecule has 0 saturated heterocycles. The third-order valence-electron chi connectivity index (χ3n) is 10.5. The first-order chi connectivity index (χ1) is 32.0. The molecule has 0 aliphatic heterocycles. The molecule has 0 heterocycles. The third kappa shape index (κ3) is 50.7. The Morgan fingerprint density at radius 3 is 1.18 bits per heavy atom. The highest BCUT2D eigenvalue weighted by atomic mass is 16.6. The van der Waals surface area contributed by atoms with Gasteiger partial charge in [-0.1, -0.05) is 206 Å². The van der Waals surface area contributed by atoms with Crippen LogP contribution in [0.2, 0.25) is 0 Å². The van der Waals surface area contributed by atoms with Crippen LogP contribution in [0.1, 0.15) is 213 Å². The number of rotatable bonds is 45. The summed E-state index contributed by atoms with van der Waals surface area (Å²) in [6, 6.07) is 0. The van der Waals surface area contributed by atoms with Crippen LogP contribution in [0, 0.1) is 0 Å². The highest BCUT2D eigenvalue weighted by molar-refractivity contribution is 5.71. The van der Waals surface area contributed by atoms with Crippen LogP contribution in [0.25, 0.3) is 0 Å². The molecular formula is C59H94O6. The predicted octanol–water partition coefficient (Wildman–Crippen LogP) is 17.3. The van der Waals surface area contributed by atoms with Gasteiger partial charge in [-0.15, -0.1) is 0 Å². The molecule has 0 fully saturated rings. The lowest BCUT2D eigenvalue weighted by molar-refractivity contribution is -0.166. The Kier molecular flexibility index (Phi) is 49.1. The van der Waals surface area contributed by atoms with Gasteiger partial charge in [-0.25, -0.2) is 0 Å². The van der Waals surface area contributed by atoms with Crippen molar-refractivity contribution in [3.8, 4) is 0 Å². The fourth-order valence-electron chi connectivity index (χ4n) is 6.53. The van der Waals surface area contributed by atoms with Crippen molar-refractivity contribution < 1.29 is 28.6 Å². The second-order valence-corrected chi connectivity index (χ2v) is 16.7. The Morgan fingerprint density at radius 1 is 0.338 bits per heavy atom. The van der Waals surface area contributed by atoms with Crippen molar-refractivity contribution in [2.75, 3.05) is 13.2 Å². The average Bonchev–Trinajstić information content (AvgIpc) is 3.30. The van der Waals surface area contributed by atoms with Gasteiger partial charge in [-0.3, -0.25) is 14.4 Å². The first kappa shape index (κ1) is 60.8. The van der Waals surface area contributed by atoms with Crippen LogP contribution in [0.4, 0.5) is 0 Å². The minimum absolute atomic E-state index is 0.122. The van der Waals surface area contributed by atoms with Crippen LogP contribution in [0.15, 0.2) is 122 Å². The van der Waals surface area contributed by atoms with Crippen molar-refractivity contribution in [1.29, 1.82) is 0 Å². The van der Waals surface area contributed by atoms with Crippen molar-refractivity contribution in [3.63, 3.8) is 0 Å². The van der Waals surface area contributed by atoms with Gasteiger partial charge in [0, 0.05) is 19.3 Å². The Hall–Kier alpha value is -4.19. The maximum Gasteiger partial charge on any atom is 0.306 e. The predicted molar refractivity (Wildman–Crippen MR) is 279 cm³/mol. The molecule has 0 spiro atoms. The zero-order valence-corrected chi connectivity index (χ0v) is 41.7. The second-order valence-electron chi connectivity index (χ2n) is 16.7. The van der Waals surface area contributed by atoms with E-state index in [0.29, 0.717) is 19.3 Å². The first-order valence-electron chi connectivity index (χ1n) is 26.1. The molecule has 0 N–H and O–H groups in total. The average molecular weight is 899 g/mol. The van der Waals surface area contributed by atoms with Crippen molar-refractivity contribution in [3.05, 3.63) is 122 Å². The molecule has 6 nitrogen and oxygen atoms in total. The smallest absolute Gasteiger partial charge is 0.306 e. The van der Waals surface area contributed by atoms with E-state index in [2.05, 4.69) is 130 Å². The lowest BCUT2D eigenvalue weighted by Gasteiger charge is -2.18. The lowest BCUT2D eigenvalue weighted by Crippen LogP contribution is -2.30. The van der Waals surface area contributed by atoms with Crippen LogP contribution >= 0.6 is 0 Å². The quantitative estimate of drug-likeness (QED) is 0.0199. The van der Waals surface area contributed by atoms with E-state index in [9.17, 15) is 14.4 Å². The normalized spacial score (nSPS) is 13.1. The number of carbonyl (C=O) groups excluding carboxylic acids is 3. The van der Waals surface area contributed by atoms with Gasteiger partial charge in [0.05, 0.1) is 0 Å². The minimum Gasteiger partial charge on any atom is -0.462 e. The summed E-state index contributed by atoms with van der Waals surface area (Å²) >= 11 is 0. The van der Waals surface area contributed by atoms with E-state index < -0.39 is 6.10 Å². The Bertz CT molecular complexity index is 1400. The SMILES string of the molecule is CC/C=C\C/C=C\C/C=C\C/C=C\C/C=C\C/C=C\CCC(=O)OCC(COC(=O)CCCCC/C=C\C=C/CCCC)OC(=O)CCCCCCCCC/C=C\C/C=C\CCCCC. The molecule has 0 radical (unpaired) electrons. The molecule has 0 aromatic heterocycles. The van der Waals surface area contributed by atoms with E-state index in [1.54, 1.807) is 0 Å². The van der Waals surface area contributed by atoms with E-state index in [0.717, 1.165) is 103 Å². The van der Waals surface area contributed by atoms with Gasteiger partial charge in [0.25, 0.3) is 0 Å². The molecule has 0 aromatic rings. The molecule has 0 amide bonds. The highest BCUT2D eigenvalue weighted by Crippen LogP contribution is 2.13. The fourth-order valence-corrected chi connectivity index (χ4v) is 6.53. The van der Waals surface area contributed by atoms with Crippen LogP contribution in [-0.4, -0.2) is 37.2 Å². The summed E-state index contributed by atoms with van der Waals surface area (Å²) in [7, 11) is 0. The van der Waals surface area contributed by atoms with Crippen LogP contribution < -0.4 is 0 Å². The van der Waals surface area contributed by atoms with E-state index in [1.807, 2.05) is 12.2 Å². The molecule has 6 heteroatoms. The number of esters is 3. The maximum absolute atomic E-state index is 12.8. The number of carbonyl (C=O) groups is 3. The number of allylic oxidation sites excluding steroid dienone is 20. The zero-order valence-electron chi connectivity index (χ0n) is 41.7. The molecule has 65 heavy (non-hydrogen) atoms. The summed E-state index contributed by atoms with van der Waals surface area (Å²) in [5, 5.41) is 0. The summed E-state index contributed by atoms with van der Waals surface area (Å²) in [6.07, 6.45) is 71.9. The maximum atomic E-state index is 12.8. The van der Waals surface area contributed by atoms with Crippen molar-refractivity contribution in [2.24, 2.45) is 0 Å². The standard InChI is InChI=1S/C59H94O6/c1-4-7-10-13-16-19-22-24-26-28-29-31-32-34-37-40-43-46-49-52-58(61)64-55-56(54-63-57(60)51-48-45-42-39-36-21-18-15-12-9-6-3)65-59(62)53-50-47-44-41-38-35-33-30-27-25-23-20-17-14-11-8-5-2/h7,10,15-21,24-27,29,31,34,36-37,43,46,56H,4-6,8-9,11-14,22-23,28,30,32-33,35,38-42,44-45,47-55H2,1-3H3/b10-7-,18-15-,19-16-,20-17-,26-24-,27-25-,31-29-,36-21-,37-34-,46-43-. The summed E-state index contributed by atoms with van der Waals surface area (Å²) in [5.41, 5.74) is 0. The van der Waals surface area contributed by atoms with Gasteiger partial charge < -0.3 is 14.2 Å². The molecule has 0 bridgehead atoms. The first-order valence-corrected chi connectivity index (χ1v) is 26.1. The topological polar surface area (TPSA) is 78.9 Å². The summed E-state index contributed by atoms with van der Waals surface area (Å²) < 4.78 is 16.7. The van der Waals surface area contributed by atoms with E-state index in [1.165, 1.54) is 64.2 Å². The Labute approximate surface area is 399 Å². The van der Waals surface area contributed by atoms with Crippen molar-refractivity contribution >= 4 is 17.9 Å². The largest absolute Gasteiger partial charge is 0.462 e. The van der Waals surface area contributed by atoms with Gasteiger partial charge in [0.15, 0.2) is 6.10 Å². The van der Waals surface area contributed by atoms with Gasteiger partial charge in [0.2, 0.25) is 0 Å².